The van der Waals surface area contributed by atoms with E-state index in [1.54, 1.807) is 11.9 Å². The van der Waals surface area contributed by atoms with Crippen LogP contribution in [0.5, 0.6) is 11.5 Å². The maximum absolute atomic E-state index is 12.6. The number of likely N-dealkylation sites (N-methyl/N-ethyl adjacent to an activating group) is 1. The molecule has 2 aromatic rings. The van der Waals surface area contributed by atoms with Crippen molar-refractivity contribution in [2.45, 2.75) is 25.4 Å². The molecule has 1 saturated heterocycles. The van der Waals surface area contributed by atoms with E-state index in [2.05, 4.69) is 0 Å². The number of likely N-dealkylation sites (tertiary alicyclic amines) is 1. The van der Waals surface area contributed by atoms with E-state index in [1.807, 2.05) is 54.6 Å². The van der Waals surface area contributed by atoms with Crippen molar-refractivity contribution in [3.8, 4) is 11.5 Å². The van der Waals surface area contributed by atoms with Crippen molar-refractivity contribution in [3.63, 3.8) is 0 Å². The van der Waals surface area contributed by atoms with Crippen molar-refractivity contribution < 1.29 is 14.3 Å². The van der Waals surface area contributed by atoms with Crippen molar-refractivity contribution in [1.29, 1.82) is 0 Å². The van der Waals surface area contributed by atoms with Crippen LogP contribution >= 0.6 is 0 Å². The fourth-order valence-corrected chi connectivity index (χ4v) is 3.18. The Kier molecular flexibility index (Phi) is 5.41. The number of rotatable bonds is 5. The molecule has 0 unspecified atom stereocenters. The van der Waals surface area contributed by atoms with Gasteiger partial charge in [0.05, 0.1) is 0 Å². The first-order valence-electron chi connectivity index (χ1n) is 8.67. The average molecular weight is 353 g/mol. The monoisotopic (exact) mass is 353 g/mol. The topological polar surface area (TPSA) is 75.9 Å². The number of primary amides is 1. The van der Waals surface area contributed by atoms with Crippen molar-refractivity contribution in [1.82, 2.24) is 9.80 Å². The molecule has 1 aliphatic rings. The van der Waals surface area contributed by atoms with Crippen molar-refractivity contribution in [2.75, 3.05) is 13.6 Å². The van der Waals surface area contributed by atoms with E-state index >= 15 is 0 Å². The van der Waals surface area contributed by atoms with Crippen LogP contribution < -0.4 is 10.5 Å². The lowest BCUT2D eigenvalue weighted by Gasteiger charge is -2.26. The number of nitrogens with two attached hydrogens (primary N) is 1. The molecule has 0 radical (unpaired) electrons. The van der Waals surface area contributed by atoms with E-state index in [0.717, 1.165) is 23.5 Å². The van der Waals surface area contributed by atoms with Crippen LogP contribution in [0.2, 0.25) is 0 Å². The summed E-state index contributed by atoms with van der Waals surface area (Å²) < 4.78 is 5.77. The lowest BCUT2D eigenvalue weighted by molar-refractivity contribution is -0.134. The van der Waals surface area contributed by atoms with Crippen LogP contribution in [0.4, 0.5) is 4.79 Å². The number of ether oxygens (including phenoxy) is 1. The number of carbonyl (C=O) groups is 2. The molecule has 1 fully saturated rings. The molecule has 0 saturated carbocycles. The Bertz CT molecular complexity index is 762. The normalized spacial score (nSPS) is 16.3. The van der Waals surface area contributed by atoms with Crippen LogP contribution in [0.3, 0.4) is 0 Å². The second kappa shape index (κ2) is 7.91. The zero-order valence-corrected chi connectivity index (χ0v) is 14.8. The fourth-order valence-electron chi connectivity index (χ4n) is 3.18. The highest BCUT2D eigenvalue weighted by Crippen LogP contribution is 2.22. The molecule has 0 aliphatic carbocycles. The molecule has 6 nitrogen and oxygen atoms in total. The summed E-state index contributed by atoms with van der Waals surface area (Å²) in [7, 11) is 1.74. The summed E-state index contributed by atoms with van der Waals surface area (Å²) in [5.41, 5.74) is 6.35. The number of carbonyl (C=O) groups excluding carboxylic acids is 2. The Morgan fingerprint density at radius 1 is 1.12 bits per heavy atom. The second-order valence-electron chi connectivity index (χ2n) is 6.44. The summed E-state index contributed by atoms with van der Waals surface area (Å²) in [5, 5.41) is 0. The number of benzene rings is 2. The molecule has 6 heteroatoms. The highest BCUT2D eigenvalue weighted by atomic mass is 16.5. The number of urea groups is 1. The number of hydrogen-bond donors (Lipinski definition) is 1. The largest absolute Gasteiger partial charge is 0.457 e. The molecular weight excluding hydrogens is 330 g/mol. The fraction of sp³-hybridized carbons (Fsp3) is 0.300. The third kappa shape index (κ3) is 4.14. The quantitative estimate of drug-likeness (QED) is 0.898. The van der Waals surface area contributed by atoms with Gasteiger partial charge in [0.25, 0.3) is 0 Å². The van der Waals surface area contributed by atoms with Crippen LogP contribution in [0, 0.1) is 0 Å². The van der Waals surface area contributed by atoms with Gasteiger partial charge in [0.15, 0.2) is 0 Å². The minimum atomic E-state index is -0.531. The molecular formula is C20H23N3O3. The smallest absolute Gasteiger partial charge is 0.315 e. The maximum atomic E-state index is 12.6. The minimum Gasteiger partial charge on any atom is -0.457 e. The number of para-hydroxylation sites is 1. The third-order valence-corrected chi connectivity index (χ3v) is 4.52. The number of amides is 3. The van der Waals surface area contributed by atoms with Gasteiger partial charge < -0.3 is 20.3 Å². The van der Waals surface area contributed by atoms with E-state index in [9.17, 15) is 9.59 Å². The SMILES string of the molecule is CN(Cc1ccc(Oc2ccccc2)cc1)C(=O)[C@H]1CCCN1C(N)=O. The summed E-state index contributed by atoms with van der Waals surface area (Å²) >= 11 is 0. The van der Waals surface area contributed by atoms with Gasteiger partial charge in [-0.15, -0.1) is 0 Å². The lowest BCUT2D eigenvalue weighted by Crippen LogP contribution is -2.48. The molecule has 2 N–H and O–H groups in total. The molecule has 0 aromatic heterocycles. The van der Waals surface area contributed by atoms with Crippen LogP contribution in [0.1, 0.15) is 18.4 Å². The summed E-state index contributed by atoms with van der Waals surface area (Å²) in [5.74, 6) is 1.44. The van der Waals surface area contributed by atoms with Gasteiger partial charge in [0, 0.05) is 20.1 Å². The molecule has 1 heterocycles. The third-order valence-electron chi connectivity index (χ3n) is 4.52. The molecule has 3 amide bonds. The summed E-state index contributed by atoms with van der Waals surface area (Å²) in [6.45, 7) is 1.01. The van der Waals surface area contributed by atoms with Gasteiger partial charge in [0.2, 0.25) is 5.91 Å². The molecule has 2 aromatic carbocycles. The van der Waals surface area contributed by atoms with Gasteiger partial charge in [0.1, 0.15) is 17.5 Å². The average Bonchev–Trinajstić information content (AvgIpc) is 3.13. The predicted molar refractivity (Wildman–Crippen MR) is 98.7 cm³/mol. The first-order chi connectivity index (χ1) is 12.5. The minimum absolute atomic E-state index is 0.0779. The van der Waals surface area contributed by atoms with Crippen molar-refractivity contribution in [3.05, 3.63) is 60.2 Å². The van der Waals surface area contributed by atoms with Crippen LogP contribution in [0.15, 0.2) is 54.6 Å². The Morgan fingerprint density at radius 2 is 1.77 bits per heavy atom. The van der Waals surface area contributed by atoms with Gasteiger partial charge in [-0.3, -0.25) is 4.79 Å². The Balaban J connectivity index is 1.59. The van der Waals surface area contributed by atoms with Gasteiger partial charge in [-0.2, -0.15) is 0 Å². The van der Waals surface area contributed by atoms with Crippen molar-refractivity contribution >= 4 is 11.9 Å². The molecule has 26 heavy (non-hydrogen) atoms. The Morgan fingerprint density at radius 3 is 2.42 bits per heavy atom. The van der Waals surface area contributed by atoms with Crippen molar-refractivity contribution in [2.24, 2.45) is 5.73 Å². The van der Waals surface area contributed by atoms with E-state index in [0.29, 0.717) is 19.5 Å². The van der Waals surface area contributed by atoms with E-state index in [4.69, 9.17) is 10.5 Å². The highest BCUT2D eigenvalue weighted by molar-refractivity contribution is 5.87. The Labute approximate surface area is 153 Å². The standard InChI is InChI=1S/C20H23N3O3/c1-22(19(24)18-8-5-13-23(18)20(21)25)14-15-9-11-17(12-10-15)26-16-6-3-2-4-7-16/h2-4,6-7,9-12,18H,5,8,13-14H2,1H3,(H2,21,25)/t18-/m1/s1. The van der Waals surface area contributed by atoms with Crippen LogP contribution in [-0.2, 0) is 11.3 Å². The molecule has 136 valence electrons. The molecule has 0 spiro atoms. The van der Waals surface area contributed by atoms with Crippen LogP contribution in [0.25, 0.3) is 0 Å². The van der Waals surface area contributed by atoms with Gasteiger partial charge in [-0.25, -0.2) is 4.79 Å². The highest BCUT2D eigenvalue weighted by Gasteiger charge is 2.34. The second-order valence-corrected chi connectivity index (χ2v) is 6.44. The zero-order valence-electron chi connectivity index (χ0n) is 14.8. The summed E-state index contributed by atoms with van der Waals surface area (Å²) in [6, 6.07) is 16.2. The predicted octanol–water partition coefficient (Wildman–Crippen LogP) is 2.98. The molecule has 1 atom stereocenters. The molecule has 3 rings (SSSR count). The zero-order chi connectivity index (χ0) is 18.5. The summed E-state index contributed by atoms with van der Waals surface area (Å²) in [6.07, 6.45) is 1.47. The number of hydrogen-bond acceptors (Lipinski definition) is 3. The Hall–Kier alpha value is -3.02. The maximum Gasteiger partial charge on any atom is 0.315 e. The van der Waals surface area contributed by atoms with E-state index < -0.39 is 12.1 Å². The van der Waals surface area contributed by atoms with Crippen LogP contribution in [-0.4, -0.2) is 41.4 Å². The number of nitrogens with zero attached hydrogens (tertiary/aromatic N) is 2. The van der Waals surface area contributed by atoms with E-state index in [-0.39, 0.29) is 5.91 Å². The van der Waals surface area contributed by atoms with Gasteiger partial charge in [-0.1, -0.05) is 30.3 Å². The lowest BCUT2D eigenvalue weighted by atomic mass is 10.1. The van der Waals surface area contributed by atoms with E-state index in [1.165, 1.54) is 4.90 Å². The van der Waals surface area contributed by atoms with Gasteiger partial charge in [-0.05, 0) is 42.7 Å². The van der Waals surface area contributed by atoms with Gasteiger partial charge >= 0.3 is 6.03 Å². The molecule has 0 bridgehead atoms. The summed E-state index contributed by atoms with van der Waals surface area (Å²) in [4.78, 5) is 27.2. The first kappa shape index (κ1) is 17.8. The molecule has 1 aliphatic heterocycles. The first-order valence-corrected chi connectivity index (χ1v) is 8.67.